The first-order valence-corrected chi connectivity index (χ1v) is 7.40. The molecule has 2 aliphatic rings. The van der Waals surface area contributed by atoms with Crippen molar-refractivity contribution in [2.24, 2.45) is 11.3 Å². The molecule has 0 saturated heterocycles. The third-order valence-electron chi connectivity index (χ3n) is 5.15. The Kier molecular flexibility index (Phi) is 3.01. The number of carbonyl (C=O) groups excluding carboxylic acids is 1. The minimum atomic E-state index is 0.00433. The van der Waals surface area contributed by atoms with Gasteiger partial charge in [0.2, 0.25) is 0 Å². The zero-order valence-electron chi connectivity index (χ0n) is 11.2. The van der Waals surface area contributed by atoms with Crippen molar-refractivity contribution in [2.75, 3.05) is 0 Å². The first kappa shape index (κ1) is 12.0. The Bertz CT molecular complexity index is 462. The van der Waals surface area contributed by atoms with E-state index < -0.39 is 0 Å². The van der Waals surface area contributed by atoms with Crippen molar-refractivity contribution < 1.29 is 4.79 Å². The summed E-state index contributed by atoms with van der Waals surface area (Å²) in [6.07, 6.45) is 8.27. The summed E-state index contributed by atoms with van der Waals surface area (Å²) in [5, 5.41) is 0. The van der Waals surface area contributed by atoms with Gasteiger partial charge in [-0.25, -0.2) is 0 Å². The Morgan fingerprint density at radius 3 is 2.94 bits per heavy atom. The number of carbonyl (C=O) groups is 1. The van der Waals surface area contributed by atoms with Crippen molar-refractivity contribution in [2.45, 2.75) is 51.9 Å². The van der Waals surface area contributed by atoms with E-state index in [-0.39, 0.29) is 5.41 Å². The van der Waals surface area contributed by atoms with E-state index in [0.29, 0.717) is 11.7 Å². The van der Waals surface area contributed by atoms with E-state index in [1.807, 2.05) is 12.1 Å². The molecule has 0 aromatic heterocycles. The molecule has 1 aromatic carbocycles. The minimum absolute atomic E-state index is 0.00433. The molecule has 0 radical (unpaired) electrons. The molecule has 0 N–H and O–H groups in total. The van der Waals surface area contributed by atoms with E-state index in [2.05, 4.69) is 19.1 Å². The van der Waals surface area contributed by atoms with E-state index in [1.165, 1.54) is 31.2 Å². The number of hydrogen-bond acceptors (Lipinski definition) is 1. The van der Waals surface area contributed by atoms with Gasteiger partial charge in [0.1, 0.15) is 0 Å². The highest BCUT2D eigenvalue weighted by atomic mass is 16.1. The van der Waals surface area contributed by atoms with Gasteiger partial charge in [-0.2, -0.15) is 0 Å². The lowest BCUT2D eigenvalue weighted by Crippen LogP contribution is -2.39. The lowest BCUT2D eigenvalue weighted by Gasteiger charge is -2.38. The molecule has 2 atom stereocenters. The number of Topliss-reactive ketones (excluding diaryl/α,β-unsaturated/α-hetero) is 1. The molecule has 0 amide bonds. The Balaban J connectivity index is 1.98. The average Bonchev–Trinajstić information content (AvgIpc) is 2.79. The maximum absolute atomic E-state index is 12.9. The lowest BCUT2D eigenvalue weighted by molar-refractivity contribution is 0.0659. The molecule has 1 saturated carbocycles. The van der Waals surface area contributed by atoms with Crippen LogP contribution < -0.4 is 0 Å². The van der Waals surface area contributed by atoms with Gasteiger partial charge in [0.15, 0.2) is 5.78 Å². The van der Waals surface area contributed by atoms with E-state index in [1.54, 1.807) is 0 Å². The van der Waals surface area contributed by atoms with Gasteiger partial charge in [-0.1, -0.05) is 44.0 Å². The van der Waals surface area contributed by atoms with Gasteiger partial charge in [0.05, 0.1) is 0 Å². The molecule has 1 nitrogen and oxygen atoms in total. The molecular formula is C17H22O. The molecule has 0 unspecified atom stereocenters. The van der Waals surface area contributed by atoms with Crippen LogP contribution in [0.25, 0.3) is 0 Å². The minimum Gasteiger partial charge on any atom is -0.294 e. The number of ketones is 1. The summed E-state index contributed by atoms with van der Waals surface area (Å²) in [6.45, 7) is 2.24. The van der Waals surface area contributed by atoms with Crippen LogP contribution in [0.3, 0.4) is 0 Å². The van der Waals surface area contributed by atoms with Crippen molar-refractivity contribution in [3.05, 3.63) is 35.4 Å². The number of rotatable bonds is 2. The fourth-order valence-corrected chi connectivity index (χ4v) is 4.24. The largest absolute Gasteiger partial charge is 0.294 e. The van der Waals surface area contributed by atoms with Crippen LogP contribution in [0.1, 0.15) is 61.4 Å². The number of hydrogen-bond donors (Lipinski definition) is 0. The van der Waals surface area contributed by atoms with Crippen LogP contribution in [0.4, 0.5) is 0 Å². The van der Waals surface area contributed by atoms with Crippen LogP contribution in [0, 0.1) is 11.3 Å². The quantitative estimate of drug-likeness (QED) is 0.751. The molecule has 1 fully saturated rings. The Morgan fingerprint density at radius 2 is 2.11 bits per heavy atom. The number of fused-ring (bicyclic) bond motifs is 1. The smallest absolute Gasteiger partial charge is 0.169 e. The van der Waals surface area contributed by atoms with Gasteiger partial charge in [0, 0.05) is 11.0 Å². The topological polar surface area (TPSA) is 17.1 Å². The highest BCUT2D eigenvalue weighted by molar-refractivity contribution is 6.03. The summed E-state index contributed by atoms with van der Waals surface area (Å²) >= 11 is 0. The van der Waals surface area contributed by atoms with Crippen LogP contribution in [0.15, 0.2) is 24.3 Å². The van der Waals surface area contributed by atoms with Crippen LogP contribution in [0.2, 0.25) is 0 Å². The van der Waals surface area contributed by atoms with Gasteiger partial charge in [0.25, 0.3) is 0 Å². The van der Waals surface area contributed by atoms with Gasteiger partial charge in [-0.3, -0.25) is 4.79 Å². The highest BCUT2D eigenvalue weighted by Crippen LogP contribution is 2.52. The van der Waals surface area contributed by atoms with E-state index >= 15 is 0 Å². The maximum Gasteiger partial charge on any atom is 0.169 e. The van der Waals surface area contributed by atoms with E-state index in [0.717, 1.165) is 24.8 Å². The van der Waals surface area contributed by atoms with Crippen LogP contribution in [0.5, 0.6) is 0 Å². The van der Waals surface area contributed by atoms with Crippen LogP contribution >= 0.6 is 0 Å². The molecule has 1 spiro atoms. The molecule has 1 aromatic rings. The third kappa shape index (κ3) is 1.64. The van der Waals surface area contributed by atoms with Crippen LogP contribution in [-0.2, 0) is 6.42 Å². The standard InChI is InChI=1S/C17H22O/c1-2-6-14-8-5-11-17(14)12-10-13-7-3-4-9-15(13)16(17)18/h3-4,7,9,14H,2,5-6,8,10-12H2,1H3/t14-,17-/m0/s1. The van der Waals surface area contributed by atoms with Crippen molar-refractivity contribution >= 4 is 5.78 Å². The second-order valence-electron chi connectivity index (χ2n) is 6.02. The van der Waals surface area contributed by atoms with E-state index in [4.69, 9.17) is 0 Å². The summed E-state index contributed by atoms with van der Waals surface area (Å²) in [4.78, 5) is 12.9. The van der Waals surface area contributed by atoms with Gasteiger partial charge in [-0.15, -0.1) is 0 Å². The summed E-state index contributed by atoms with van der Waals surface area (Å²) in [7, 11) is 0. The third-order valence-corrected chi connectivity index (χ3v) is 5.15. The van der Waals surface area contributed by atoms with Crippen molar-refractivity contribution in [3.8, 4) is 0 Å². The molecule has 0 bridgehead atoms. The molecular weight excluding hydrogens is 220 g/mol. The first-order chi connectivity index (χ1) is 8.78. The average molecular weight is 242 g/mol. The molecule has 18 heavy (non-hydrogen) atoms. The fourth-order valence-electron chi connectivity index (χ4n) is 4.24. The lowest BCUT2D eigenvalue weighted by atomic mass is 9.64. The van der Waals surface area contributed by atoms with Crippen LogP contribution in [-0.4, -0.2) is 5.78 Å². The normalized spacial score (nSPS) is 30.7. The Morgan fingerprint density at radius 1 is 1.28 bits per heavy atom. The molecule has 0 aliphatic heterocycles. The number of benzene rings is 1. The summed E-state index contributed by atoms with van der Waals surface area (Å²) in [5.74, 6) is 1.10. The maximum atomic E-state index is 12.9. The fraction of sp³-hybridized carbons (Fsp3) is 0.588. The highest BCUT2D eigenvalue weighted by Gasteiger charge is 2.49. The summed E-state index contributed by atoms with van der Waals surface area (Å²) in [6, 6.07) is 8.24. The SMILES string of the molecule is CCC[C@H]1CCC[C@]12CCc1ccccc1C2=O. The van der Waals surface area contributed by atoms with Gasteiger partial charge < -0.3 is 0 Å². The van der Waals surface area contributed by atoms with Crippen molar-refractivity contribution in [1.29, 1.82) is 0 Å². The zero-order valence-corrected chi connectivity index (χ0v) is 11.2. The zero-order chi connectivity index (χ0) is 12.6. The summed E-state index contributed by atoms with van der Waals surface area (Å²) < 4.78 is 0. The second kappa shape index (κ2) is 4.53. The first-order valence-electron chi connectivity index (χ1n) is 7.40. The molecule has 2 aliphatic carbocycles. The second-order valence-corrected chi connectivity index (χ2v) is 6.02. The number of aryl methyl sites for hydroxylation is 1. The summed E-state index contributed by atoms with van der Waals surface area (Å²) in [5.41, 5.74) is 2.30. The predicted octanol–water partition coefficient (Wildman–Crippen LogP) is 4.40. The predicted molar refractivity (Wildman–Crippen MR) is 73.8 cm³/mol. The molecule has 96 valence electrons. The Hall–Kier alpha value is -1.11. The van der Waals surface area contributed by atoms with E-state index in [9.17, 15) is 4.79 Å². The van der Waals surface area contributed by atoms with Crippen molar-refractivity contribution in [1.82, 2.24) is 0 Å². The van der Waals surface area contributed by atoms with Gasteiger partial charge in [-0.05, 0) is 43.6 Å². The molecule has 3 rings (SSSR count). The van der Waals surface area contributed by atoms with Gasteiger partial charge >= 0.3 is 0 Å². The van der Waals surface area contributed by atoms with Crippen molar-refractivity contribution in [3.63, 3.8) is 0 Å². The molecule has 1 heteroatoms. The molecule has 0 heterocycles. The Labute approximate surface area is 110 Å². The monoisotopic (exact) mass is 242 g/mol.